The average Bonchev–Trinajstić information content (AvgIpc) is 2.47. The van der Waals surface area contributed by atoms with E-state index in [4.69, 9.17) is 9.47 Å². The Morgan fingerprint density at radius 2 is 1.58 bits per heavy atom. The van der Waals surface area contributed by atoms with E-state index in [0.29, 0.717) is 13.2 Å². The van der Waals surface area contributed by atoms with Gasteiger partial charge in [-0.05, 0) is 47.9 Å². The number of aryl methyl sites for hydroxylation is 1. The van der Waals surface area contributed by atoms with E-state index < -0.39 is 0 Å². The third-order valence-corrected chi connectivity index (χ3v) is 3.37. The molecule has 1 heterocycles. The fraction of sp³-hybridized carbons (Fsp3) is 0.250. The van der Waals surface area contributed by atoms with Crippen LogP contribution in [0.1, 0.15) is 5.56 Å². The van der Waals surface area contributed by atoms with Crippen LogP contribution >= 0.6 is 0 Å². The second-order valence-corrected chi connectivity index (χ2v) is 4.64. The number of rotatable bonds is 2. The Labute approximate surface area is 113 Å². The molecule has 0 spiro atoms. The van der Waals surface area contributed by atoms with E-state index in [0.717, 1.165) is 17.2 Å². The van der Waals surface area contributed by atoms with Crippen molar-refractivity contribution in [3.8, 4) is 22.6 Å². The first-order chi connectivity index (χ1) is 9.28. The Kier molecular flexibility index (Phi) is 3.03. The summed E-state index contributed by atoms with van der Waals surface area (Å²) in [6.45, 7) is 3.34. The van der Waals surface area contributed by atoms with Gasteiger partial charge in [0, 0.05) is 12.7 Å². The van der Waals surface area contributed by atoms with Crippen molar-refractivity contribution in [2.75, 3.05) is 25.6 Å². The topological polar surface area (TPSA) is 30.5 Å². The molecule has 0 aromatic heterocycles. The monoisotopic (exact) mass is 255 g/mol. The molecular formula is C16H17NO2. The van der Waals surface area contributed by atoms with Crippen molar-refractivity contribution in [3.63, 3.8) is 0 Å². The first-order valence-corrected chi connectivity index (χ1v) is 6.46. The van der Waals surface area contributed by atoms with E-state index in [1.54, 1.807) is 0 Å². The molecule has 3 heteroatoms. The number of fused-ring (bicyclic) bond motifs is 1. The summed E-state index contributed by atoms with van der Waals surface area (Å²) in [5.41, 5.74) is 4.68. The number of ether oxygens (including phenoxy) is 2. The Bertz CT molecular complexity index is 590. The molecule has 3 nitrogen and oxygen atoms in total. The van der Waals surface area contributed by atoms with E-state index >= 15 is 0 Å². The van der Waals surface area contributed by atoms with Crippen LogP contribution in [0.3, 0.4) is 0 Å². The molecule has 2 aromatic carbocycles. The highest BCUT2D eigenvalue weighted by Crippen LogP contribution is 2.37. The summed E-state index contributed by atoms with van der Waals surface area (Å²) in [5, 5.41) is 3.13. The minimum absolute atomic E-state index is 0.619. The number of hydrogen-bond donors (Lipinski definition) is 1. The van der Waals surface area contributed by atoms with Crippen molar-refractivity contribution in [3.05, 3.63) is 42.0 Å². The van der Waals surface area contributed by atoms with E-state index in [2.05, 4.69) is 48.6 Å². The maximum absolute atomic E-state index is 5.65. The van der Waals surface area contributed by atoms with Crippen LogP contribution in [-0.2, 0) is 0 Å². The highest BCUT2D eigenvalue weighted by atomic mass is 16.6. The van der Waals surface area contributed by atoms with Gasteiger partial charge in [-0.2, -0.15) is 0 Å². The lowest BCUT2D eigenvalue weighted by atomic mass is 9.99. The van der Waals surface area contributed by atoms with Crippen LogP contribution in [-0.4, -0.2) is 20.3 Å². The molecule has 1 aliphatic rings. The normalized spacial score (nSPS) is 13.2. The van der Waals surface area contributed by atoms with Gasteiger partial charge in [0.25, 0.3) is 0 Å². The molecule has 0 radical (unpaired) electrons. The molecule has 0 atom stereocenters. The predicted octanol–water partition coefficient (Wildman–Crippen LogP) is 3.47. The molecule has 19 heavy (non-hydrogen) atoms. The van der Waals surface area contributed by atoms with Crippen LogP contribution in [0.25, 0.3) is 11.1 Å². The largest absolute Gasteiger partial charge is 0.486 e. The van der Waals surface area contributed by atoms with Crippen LogP contribution in [0, 0.1) is 6.92 Å². The summed E-state index contributed by atoms with van der Waals surface area (Å²) in [6, 6.07) is 12.5. The van der Waals surface area contributed by atoms with Crippen LogP contribution < -0.4 is 14.8 Å². The molecule has 3 rings (SSSR count). The highest BCUT2D eigenvalue weighted by Gasteiger charge is 2.14. The maximum Gasteiger partial charge on any atom is 0.161 e. The zero-order valence-corrected chi connectivity index (χ0v) is 11.2. The minimum atomic E-state index is 0.619. The smallest absolute Gasteiger partial charge is 0.161 e. The number of nitrogens with one attached hydrogen (secondary N) is 1. The Morgan fingerprint density at radius 1 is 0.947 bits per heavy atom. The summed E-state index contributed by atoms with van der Waals surface area (Å²) in [4.78, 5) is 0. The number of hydrogen-bond acceptors (Lipinski definition) is 3. The van der Waals surface area contributed by atoms with E-state index in [-0.39, 0.29) is 0 Å². The molecule has 1 aliphatic heterocycles. The van der Waals surface area contributed by atoms with Gasteiger partial charge >= 0.3 is 0 Å². The predicted molar refractivity (Wildman–Crippen MR) is 77.2 cm³/mol. The lowest BCUT2D eigenvalue weighted by Crippen LogP contribution is -2.15. The van der Waals surface area contributed by atoms with Crippen molar-refractivity contribution >= 4 is 5.69 Å². The van der Waals surface area contributed by atoms with Crippen molar-refractivity contribution in [2.45, 2.75) is 6.92 Å². The van der Waals surface area contributed by atoms with Gasteiger partial charge in [-0.25, -0.2) is 0 Å². The fourth-order valence-corrected chi connectivity index (χ4v) is 2.32. The summed E-state index contributed by atoms with van der Waals surface area (Å²) < 4.78 is 11.2. The molecule has 0 saturated carbocycles. The minimum Gasteiger partial charge on any atom is -0.486 e. The molecule has 0 fully saturated rings. The summed E-state index contributed by atoms with van der Waals surface area (Å²) in [7, 11) is 1.92. The Hall–Kier alpha value is -2.16. The van der Waals surface area contributed by atoms with E-state index in [9.17, 15) is 0 Å². The van der Waals surface area contributed by atoms with Crippen LogP contribution in [0.2, 0.25) is 0 Å². The van der Waals surface area contributed by atoms with Gasteiger partial charge in [0.05, 0.1) is 0 Å². The molecule has 1 N–H and O–H groups in total. The summed E-state index contributed by atoms with van der Waals surface area (Å²) >= 11 is 0. The van der Waals surface area contributed by atoms with Gasteiger partial charge in [0.2, 0.25) is 0 Å². The molecule has 0 aliphatic carbocycles. The first-order valence-electron chi connectivity index (χ1n) is 6.46. The van der Waals surface area contributed by atoms with Gasteiger partial charge in [-0.15, -0.1) is 0 Å². The molecular weight excluding hydrogens is 238 g/mol. The number of benzene rings is 2. The molecule has 98 valence electrons. The van der Waals surface area contributed by atoms with Gasteiger partial charge in [0.1, 0.15) is 13.2 Å². The SMILES string of the molecule is CNc1ccc(-c2cc3c(cc2C)OCCO3)cc1. The summed E-state index contributed by atoms with van der Waals surface area (Å²) in [5.74, 6) is 1.68. The third kappa shape index (κ3) is 2.24. The quantitative estimate of drug-likeness (QED) is 0.891. The number of anilines is 1. The fourth-order valence-electron chi connectivity index (χ4n) is 2.32. The van der Waals surface area contributed by atoms with Gasteiger partial charge in [0.15, 0.2) is 11.5 Å². The average molecular weight is 255 g/mol. The first kappa shape index (κ1) is 11.9. The van der Waals surface area contributed by atoms with Crippen molar-refractivity contribution in [2.24, 2.45) is 0 Å². The van der Waals surface area contributed by atoms with Crippen molar-refractivity contribution in [1.82, 2.24) is 0 Å². The van der Waals surface area contributed by atoms with Crippen LogP contribution in [0.4, 0.5) is 5.69 Å². The van der Waals surface area contributed by atoms with Crippen molar-refractivity contribution in [1.29, 1.82) is 0 Å². The zero-order chi connectivity index (χ0) is 13.2. The third-order valence-electron chi connectivity index (χ3n) is 3.37. The van der Waals surface area contributed by atoms with Gasteiger partial charge < -0.3 is 14.8 Å². The molecule has 0 amide bonds. The summed E-state index contributed by atoms with van der Waals surface area (Å²) in [6.07, 6.45) is 0. The molecule has 0 unspecified atom stereocenters. The second-order valence-electron chi connectivity index (χ2n) is 4.64. The molecule has 0 saturated heterocycles. The molecule has 0 bridgehead atoms. The standard InChI is InChI=1S/C16H17NO2/c1-11-9-15-16(19-8-7-18-15)10-14(11)12-3-5-13(17-2)6-4-12/h3-6,9-10,17H,7-8H2,1-2H3. The Morgan fingerprint density at radius 3 is 2.21 bits per heavy atom. The Balaban J connectivity index is 2.03. The van der Waals surface area contributed by atoms with E-state index in [1.807, 2.05) is 7.05 Å². The second kappa shape index (κ2) is 4.84. The van der Waals surface area contributed by atoms with E-state index in [1.165, 1.54) is 16.7 Å². The van der Waals surface area contributed by atoms with Gasteiger partial charge in [-0.3, -0.25) is 0 Å². The zero-order valence-electron chi connectivity index (χ0n) is 11.2. The van der Waals surface area contributed by atoms with Crippen LogP contribution in [0.15, 0.2) is 36.4 Å². The van der Waals surface area contributed by atoms with Crippen molar-refractivity contribution < 1.29 is 9.47 Å². The van der Waals surface area contributed by atoms with Gasteiger partial charge in [-0.1, -0.05) is 12.1 Å². The molecule has 2 aromatic rings. The van der Waals surface area contributed by atoms with Crippen LogP contribution in [0.5, 0.6) is 11.5 Å². The highest BCUT2D eigenvalue weighted by molar-refractivity contribution is 5.72. The lowest BCUT2D eigenvalue weighted by molar-refractivity contribution is 0.171. The lowest BCUT2D eigenvalue weighted by Gasteiger charge is -2.20. The maximum atomic E-state index is 5.65.